The van der Waals surface area contributed by atoms with Gasteiger partial charge in [0.05, 0.1) is 0 Å². The summed E-state index contributed by atoms with van der Waals surface area (Å²) >= 11 is 0. The highest BCUT2D eigenvalue weighted by Gasteiger charge is 2.05. The van der Waals surface area contributed by atoms with Crippen LogP contribution in [0.2, 0.25) is 0 Å². The van der Waals surface area contributed by atoms with Crippen molar-refractivity contribution in [1.29, 1.82) is 0 Å². The average molecular weight is 440 g/mol. The molecule has 2 aromatic carbocycles. The van der Waals surface area contributed by atoms with Crippen LogP contribution < -0.4 is 21.3 Å². The summed E-state index contributed by atoms with van der Waals surface area (Å²) in [5.74, 6) is 1.98. The van der Waals surface area contributed by atoms with E-state index >= 15 is 0 Å². The Morgan fingerprint density at radius 3 is 1.91 bits per heavy atom. The lowest BCUT2D eigenvalue weighted by Gasteiger charge is -2.11. The molecular weight excluding hydrogens is 414 g/mol. The predicted molar refractivity (Wildman–Crippen MR) is 133 cm³/mol. The molecule has 0 aliphatic heterocycles. The first-order chi connectivity index (χ1) is 15.9. The van der Waals surface area contributed by atoms with Gasteiger partial charge in [-0.2, -0.15) is 0 Å². The van der Waals surface area contributed by atoms with Crippen LogP contribution in [-0.2, 0) is 0 Å². The zero-order valence-electron chi connectivity index (χ0n) is 18.7. The molecule has 0 atom stereocenters. The molecule has 8 heteroatoms. The van der Waals surface area contributed by atoms with Gasteiger partial charge >= 0.3 is 6.03 Å². The van der Waals surface area contributed by atoms with Crippen molar-refractivity contribution in [1.82, 2.24) is 15.0 Å². The first kappa shape index (κ1) is 21.8. The highest BCUT2D eigenvalue weighted by atomic mass is 16.2. The molecule has 0 aliphatic rings. The number of nitrogens with one attached hydrogen (secondary N) is 4. The van der Waals surface area contributed by atoms with Crippen LogP contribution in [0.3, 0.4) is 0 Å². The van der Waals surface area contributed by atoms with Crippen LogP contribution in [-0.4, -0.2) is 21.0 Å². The number of aryl methyl sites for hydroxylation is 3. The smallest absolute Gasteiger partial charge is 0.323 e. The number of nitrogens with zero attached hydrogens (tertiary/aromatic N) is 3. The molecule has 0 aliphatic carbocycles. The normalized spacial score (nSPS) is 10.4. The van der Waals surface area contributed by atoms with E-state index in [1.165, 1.54) is 6.33 Å². The second-order valence-corrected chi connectivity index (χ2v) is 7.79. The Bertz CT molecular complexity index is 1250. The van der Waals surface area contributed by atoms with E-state index in [4.69, 9.17) is 0 Å². The summed E-state index contributed by atoms with van der Waals surface area (Å²) < 4.78 is 0. The molecule has 8 nitrogen and oxygen atoms in total. The zero-order valence-corrected chi connectivity index (χ0v) is 18.7. The lowest BCUT2D eigenvalue weighted by molar-refractivity contribution is 0.262. The van der Waals surface area contributed by atoms with Crippen LogP contribution in [0.15, 0.2) is 73.2 Å². The Balaban J connectivity index is 1.36. The number of carbonyl (C=O) groups is 1. The number of hydrogen-bond acceptors (Lipinski definition) is 6. The minimum Gasteiger partial charge on any atom is -0.340 e. The maximum Gasteiger partial charge on any atom is 0.323 e. The van der Waals surface area contributed by atoms with E-state index in [1.54, 1.807) is 12.3 Å². The van der Waals surface area contributed by atoms with Crippen LogP contribution >= 0.6 is 0 Å². The van der Waals surface area contributed by atoms with Gasteiger partial charge in [-0.25, -0.2) is 19.7 Å². The molecule has 0 bridgehead atoms. The van der Waals surface area contributed by atoms with Gasteiger partial charge < -0.3 is 21.3 Å². The van der Waals surface area contributed by atoms with Crippen molar-refractivity contribution in [3.05, 3.63) is 89.9 Å². The van der Waals surface area contributed by atoms with E-state index in [2.05, 4.69) is 42.3 Å². The minimum absolute atomic E-state index is 0.294. The summed E-state index contributed by atoms with van der Waals surface area (Å²) in [5.41, 5.74) is 5.57. The van der Waals surface area contributed by atoms with Gasteiger partial charge in [0.25, 0.3) is 0 Å². The van der Waals surface area contributed by atoms with Gasteiger partial charge in [0.2, 0.25) is 0 Å². The number of urea groups is 1. The fraction of sp³-hybridized carbons (Fsp3) is 0.120. The maximum absolute atomic E-state index is 12.3. The fourth-order valence-corrected chi connectivity index (χ4v) is 3.35. The third kappa shape index (κ3) is 6.27. The molecule has 0 spiro atoms. The summed E-state index contributed by atoms with van der Waals surface area (Å²) in [5, 5.41) is 12.1. The van der Waals surface area contributed by atoms with Crippen LogP contribution in [0.25, 0.3) is 0 Å². The van der Waals surface area contributed by atoms with E-state index in [-0.39, 0.29) is 6.03 Å². The summed E-state index contributed by atoms with van der Waals surface area (Å²) in [7, 11) is 0. The van der Waals surface area contributed by atoms with Crippen LogP contribution in [0.5, 0.6) is 0 Å². The molecule has 0 fully saturated rings. The highest BCUT2D eigenvalue weighted by Crippen LogP contribution is 2.21. The lowest BCUT2D eigenvalue weighted by Crippen LogP contribution is -2.19. The van der Waals surface area contributed by atoms with Crippen LogP contribution in [0.4, 0.5) is 39.3 Å². The molecule has 4 aromatic rings. The highest BCUT2D eigenvalue weighted by molar-refractivity contribution is 5.99. The Morgan fingerprint density at radius 1 is 0.606 bits per heavy atom. The SMILES string of the molecule is Cc1cc(C)cc(NC(=O)Nc2ccc(Nc3cc(Nc4cc(C)ccn4)ncn3)cc2)c1. The molecule has 4 N–H and O–H groups in total. The van der Waals surface area contributed by atoms with Crippen molar-refractivity contribution in [2.24, 2.45) is 0 Å². The predicted octanol–water partition coefficient (Wildman–Crippen LogP) is 5.93. The molecule has 2 heterocycles. The van der Waals surface area contributed by atoms with E-state index in [0.29, 0.717) is 23.1 Å². The number of anilines is 6. The quantitative estimate of drug-likeness (QED) is 0.297. The van der Waals surface area contributed by atoms with Crippen LogP contribution in [0.1, 0.15) is 16.7 Å². The molecule has 0 radical (unpaired) electrons. The molecule has 2 aromatic heterocycles. The van der Waals surface area contributed by atoms with Gasteiger partial charge in [-0.1, -0.05) is 6.07 Å². The van der Waals surface area contributed by atoms with E-state index in [1.807, 2.05) is 69.3 Å². The Morgan fingerprint density at radius 2 is 1.21 bits per heavy atom. The summed E-state index contributed by atoms with van der Waals surface area (Å²) in [6.07, 6.45) is 3.23. The van der Waals surface area contributed by atoms with Crippen molar-refractivity contribution in [3.63, 3.8) is 0 Å². The van der Waals surface area contributed by atoms with E-state index < -0.39 is 0 Å². The fourth-order valence-electron chi connectivity index (χ4n) is 3.35. The molecule has 0 saturated heterocycles. The molecule has 0 unspecified atom stereocenters. The number of amides is 2. The number of aromatic nitrogens is 3. The lowest BCUT2D eigenvalue weighted by atomic mass is 10.1. The number of benzene rings is 2. The Labute approximate surface area is 192 Å². The third-order valence-corrected chi connectivity index (χ3v) is 4.73. The molecule has 0 saturated carbocycles. The summed E-state index contributed by atoms with van der Waals surface area (Å²) in [6, 6.07) is 18.7. The largest absolute Gasteiger partial charge is 0.340 e. The van der Waals surface area contributed by atoms with Crippen LogP contribution in [0, 0.1) is 20.8 Å². The monoisotopic (exact) mass is 439 g/mol. The first-order valence-corrected chi connectivity index (χ1v) is 10.5. The third-order valence-electron chi connectivity index (χ3n) is 4.73. The van der Waals surface area contributed by atoms with E-state index in [0.717, 1.165) is 28.1 Å². The van der Waals surface area contributed by atoms with Crippen molar-refractivity contribution in [3.8, 4) is 0 Å². The van der Waals surface area contributed by atoms with Crippen molar-refractivity contribution < 1.29 is 4.79 Å². The molecular formula is C25H25N7O. The minimum atomic E-state index is -0.294. The average Bonchev–Trinajstić information content (AvgIpc) is 2.75. The first-order valence-electron chi connectivity index (χ1n) is 10.5. The molecule has 4 rings (SSSR count). The molecule has 2 amide bonds. The second kappa shape index (κ2) is 9.78. The number of hydrogen-bond donors (Lipinski definition) is 4. The number of pyridine rings is 1. The second-order valence-electron chi connectivity index (χ2n) is 7.79. The Kier molecular flexibility index (Phi) is 6.45. The molecule has 33 heavy (non-hydrogen) atoms. The van der Waals surface area contributed by atoms with Gasteiger partial charge in [0, 0.05) is 29.3 Å². The van der Waals surface area contributed by atoms with Crippen molar-refractivity contribution in [2.75, 3.05) is 21.3 Å². The van der Waals surface area contributed by atoms with E-state index in [9.17, 15) is 4.79 Å². The maximum atomic E-state index is 12.3. The van der Waals surface area contributed by atoms with Gasteiger partial charge in [-0.3, -0.25) is 0 Å². The van der Waals surface area contributed by atoms with Gasteiger partial charge in [0.15, 0.2) is 0 Å². The van der Waals surface area contributed by atoms with Crippen molar-refractivity contribution >= 4 is 40.5 Å². The standard InChI is InChI=1S/C25H25N7O/c1-16-8-9-26-22(13-16)32-24-14-23(27-15-28-24)29-19-4-6-20(7-5-19)30-25(33)31-21-11-17(2)10-18(3)12-21/h4-15H,1-3H3,(H2,30,31,33)(H2,26,27,28,29,32). The Hall–Kier alpha value is -4.46. The van der Waals surface area contributed by atoms with Gasteiger partial charge in [-0.05, 0) is 86.0 Å². The number of carbonyl (C=O) groups excluding carboxylic acids is 1. The summed E-state index contributed by atoms with van der Waals surface area (Å²) in [6.45, 7) is 6.00. The summed E-state index contributed by atoms with van der Waals surface area (Å²) in [4.78, 5) is 25.1. The van der Waals surface area contributed by atoms with Gasteiger partial charge in [-0.15, -0.1) is 0 Å². The topological polar surface area (TPSA) is 104 Å². The van der Waals surface area contributed by atoms with Crippen molar-refractivity contribution in [2.45, 2.75) is 20.8 Å². The van der Waals surface area contributed by atoms with Gasteiger partial charge in [0.1, 0.15) is 23.8 Å². The molecule has 166 valence electrons. The number of rotatable bonds is 6. The zero-order chi connectivity index (χ0) is 23.2.